The number of aryl methyl sites for hydroxylation is 2. The van der Waals surface area contributed by atoms with E-state index in [2.05, 4.69) is 4.98 Å². The van der Waals surface area contributed by atoms with Crippen LogP contribution in [0.2, 0.25) is 0 Å². The number of imidazole rings is 1. The molecule has 2 aromatic heterocycles. The zero-order valence-electron chi connectivity index (χ0n) is 8.82. The Hall–Kier alpha value is -1.84. The molecule has 0 saturated heterocycles. The SMILES string of the molecule is CCc1nc2cc(C)ccn2c1C(N)=O. The number of hydrogen-bond donors (Lipinski definition) is 1. The smallest absolute Gasteiger partial charge is 0.267 e. The molecule has 2 aromatic rings. The highest BCUT2D eigenvalue weighted by Gasteiger charge is 2.14. The first kappa shape index (κ1) is 9.71. The van der Waals surface area contributed by atoms with Gasteiger partial charge in [-0.3, -0.25) is 9.20 Å². The molecule has 0 aromatic carbocycles. The second kappa shape index (κ2) is 3.38. The van der Waals surface area contributed by atoms with Crippen molar-refractivity contribution in [1.82, 2.24) is 9.38 Å². The highest BCUT2D eigenvalue weighted by atomic mass is 16.1. The summed E-state index contributed by atoms with van der Waals surface area (Å²) < 4.78 is 1.74. The van der Waals surface area contributed by atoms with Crippen LogP contribution in [0.4, 0.5) is 0 Å². The van der Waals surface area contributed by atoms with Gasteiger partial charge in [0.2, 0.25) is 0 Å². The monoisotopic (exact) mass is 203 g/mol. The number of nitrogens with zero attached hydrogens (tertiary/aromatic N) is 2. The van der Waals surface area contributed by atoms with Gasteiger partial charge in [0.25, 0.3) is 5.91 Å². The fraction of sp³-hybridized carbons (Fsp3) is 0.273. The molecule has 0 spiro atoms. The predicted molar refractivity (Wildman–Crippen MR) is 57.8 cm³/mol. The Balaban J connectivity index is 2.80. The number of carbonyl (C=O) groups is 1. The quantitative estimate of drug-likeness (QED) is 0.799. The molecular formula is C11H13N3O. The molecule has 0 unspecified atom stereocenters. The first-order valence-electron chi connectivity index (χ1n) is 4.91. The van der Waals surface area contributed by atoms with Crippen LogP contribution in [0, 0.1) is 6.92 Å². The predicted octanol–water partition coefficient (Wildman–Crippen LogP) is 1.30. The molecule has 0 bridgehead atoms. The largest absolute Gasteiger partial charge is 0.364 e. The van der Waals surface area contributed by atoms with Crippen molar-refractivity contribution < 1.29 is 4.79 Å². The van der Waals surface area contributed by atoms with E-state index in [9.17, 15) is 4.79 Å². The summed E-state index contributed by atoms with van der Waals surface area (Å²) in [4.78, 5) is 15.7. The van der Waals surface area contributed by atoms with E-state index in [-0.39, 0.29) is 0 Å². The molecule has 2 heterocycles. The van der Waals surface area contributed by atoms with Crippen molar-refractivity contribution in [3.05, 3.63) is 35.3 Å². The van der Waals surface area contributed by atoms with E-state index in [4.69, 9.17) is 5.73 Å². The van der Waals surface area contributed by atoms with Gasteiger partial charge in [-0.1, -0.05) is 6.92 Å². The highest BCUT2D eigenvalue weighted by molar-refractivity contribution is 5.93. The van der Waals surface area contributed by atoms with Crippen molar-refractivity contribution in [2.75, 3.05) is 0 Å². The minimum Gasteiger partial charge on any atom is -0.364 e. The third kappa shape index (κ3) is 1.48. The van der Waals surface area contributed by atoms with E-state index in [1.54, 1.807) is 4.40 Å². The second-order valence-corrected chi connectivity index (χ2v) is 3.56. The highest BCUT2D eigenvalue weighted by Crippen LogP contribution is 2.14. The fourth-order valence-electron chi connectivity index (χ4n) is 1.70. The molecule has 2 rings (SSSR count). The van der Waals surface area contributed by atoms with Crippen molar-refractivity contribution >= 4 is 11.6 Å². The summed E-state index contributed by atoms with van der Waals surface area (Å²) in [6, 6.07) is 3.87. The van der Waals surface area contributed by atoms with E-state index in [1.807, 2.05) is 32.2 Å². The van der Waals surface area contributed by atoms with Crippen molar-refractivity contribution in [1.29, 1.82) is 0 Å². The van der Waals surface area contributed by atoms with Crippen LogP contribution in [0.3, 0.4) is 0 Å². The molecule has 0 aliphatic heterocycles. The molecule has 0 fully saturated rings. The third-order valence-electron chi connectivity index (χ3n) is 2.42. The summed E-state index contributed by atoms with van der Waals surface area (Å²) >= 11 is 0. The summed E-state index contributed by atoms with van der Waals surface area (Å²) in [5, 5.41) is 0. The van der Waals surface area contributed by atoms with Crippen molar-refractivity contribution in [3.8, 4) is 0 Å². The van der Waals surface area contributed by atoms with E-state index in [0.717, 1.165) is 16.9 Å². The lowest BCUT2D eigenvalue weighted by Gasteiger charge is -1.99. The minimum absolute atomic E-state index is 0.428. The van der Waals surface area contributed by atoms with Crippen LogP contribution in [-0.2, 0) is 6.42 Å². The number of fused-ring (bicyclic) bond motifs is 1. The van der Waals surface area contributed by atoms with Crippen LogP contribution in [0.25, 0.3) is 5.65 Å². The number of carbonyl (C=O) groups excluding carboxylic acids is 1. The molecule has 0 aliphatic rings. The zero-order chi connectivity index (χ0) is 11.0. The summed E-state index contributed by atoms with van der Waals surface area (Å²) in [7, 11) is 0. The lowest BCUT2D eigenvalue weighted by atomic mass is 10.2. The van der Waals surface area contributed by atoms with Crippen LogP contribution in [0.5, 0.6) is 0 Å². The maximum Gasteiger partial charge on any atom is 0.267 e. The Morgan fingerprint density at radius 3 is 2.93 bits per heavy atom. The Bertz CT molecular complexity index is 528. The fourth-order valence-corrected chi connectivity index (χ4v) is 1.70. The van der Waals surface area contributed by atoms with Gasteiger partial charge in [-0.25, -0.2) is 4.98 Å². The first-order chi connectivity index (χ1) is 7.13. The molecule has 0 radical (unpaired) electrons. The van der Waals surface area contributed by atoms with Crippen LogP contribution in [0.15, 0.2) is 18.3 Å². The summed E-state index contributed by atoms with van der Waals surface area (Å²) in [5.74, 6) is -0.428. The molecule has 78 valence electrons. The van der Waals surface area contributed by atoms with Crippen LogP contribution >= 0.6 is 0 Å². The maximum atomic E-state index is 11.3. The summed E-state index contributed by atoms with van der Waals surface area (Å²) in [6.07, 6.45) is 2.54. The lowest BCUT2D eigenvalue weighted by Crippen LogP contribution is -2.15. The van der Waals surface area contributed by atoms with Crippen LogP contribution in [-0.4, -0.2) is 15.3 Å². The third-order valence-corrected chi connectivity index (χ3v) is 2.42. The van der Waals surface area contributed by atoms with E-state index < -0.39 is 5.91 Å². The van der Waals surface area contributed by atoms with Gasteiger partial charge in [0.1, 0.15) is 11.3 Å². The standard InChI is InChI=1S/C11H13N3O/c1-3-8-10(11(12)15)14-5-4-7(2)6-9(14)13-8/h4-6H,3H2,1-2H3,(H2,12,15). The average Bonchev–Trinajstić information content (AvgIpc) is 2.54. The molecule has 1 amide bonds. The van der Waals surface area contributed by atoms with Crippen molar-refractivity contribution in [2.45, 2.75) is 20.3 Å². The van der Waals surface area contributed by atoms with Crippen LogP contribution in [0.1, 0.15) is 28.7 Å². The Morgan fingerprint density at radius 1 is 1.60 bits per heavy atom. The summed E-state index contributed by atoms with van der Waals surface area (Å²) in [6.45, 7) is 3.95. The zero-order valence-corrected chi connectivity index (χ0v) is 8.82. The van der Waals surface area contributed by atoms with Gasteiger partial charge in [-0.2, -0.15) is 0 Å². The average molecular weight is 203 g/mol. The number of amides is 1. The van der Waals surface area contributed by atoms with Gasteiger partial charge >= 0.3 is 0 Å². The van der Waals surface area contributed by atoms with E-state index in [0.29, 0.717) is 12.1 Å². The Morgan fingerprint density at radius 2 is 2.33 bits per heavy atom. The van der Waals surface area contributed by atoms with Gasteiger partial charge in [-0.15, -0.1) is 0 Å². The van der Waals surface area contributed by atoms with Gasteiger partial charge < -0.3 is 5.73 Å². The number of nitrogens with two attached hydrogens (primary N) is 1. The molecule has 0 saturated carbocycles. The molecule has 4 nitrogen and oxygen atoms in total. The molecular weight excluding hydrogens is 190 g/mol. The second-order valence-electron chi connectivity index (χ2n) is 3.56. The number of aromatic nitrogens is 2. The molecule has 0 atom stereocenters. The van der Waals surface area contributed by atoms with Crippen LogP contribution < -0.4 is 5.73 Å². The number of primary amides is 1. The normalized spacial score (nSPS) is 10.8. The molecule has 15 heavy (non-hydrogen) atoms. The Labute approximate surface area is 87.7 Å². The lowest BCUT2D eigenvalue weighted by molar-refractivity contribution is 0.0994. The van der Waals surface area contributed by atoms with Crippen molar-refractivity contribution in [2.24, 2.45) is 5.73 Å². The van der Waals surface area contributed by atoms with Gasteiger partial charge in [-0.05, 0) is 31.0 Å². The molecule has 4 heteroatoms. The molecule has 2 N–H and O–H groups in total. The maximum absolute atomic E-state index is 11.3. The van der Waals surface area contributed by atoms with Gasteiger partial charge in [0.15, 0.2) is 0 Å². The topological polar surface area (TPSA) is 60.4 Å². The first-order valence-corrected chi connectivity index (χ1v) is 4.91. The molecule has 0 aliphatic carbocycles. The minimum atomic E-state index is -0.428. The number of hydrogen-bond acceptors (Lipinski definition) is 2. The Kier molecular flexibility index (Phi) is 2.19. The number of pyridine rings is 1. The van der Waals surface area contributed by atoms with Gasteiger partial charge in [0.05, 0.1) is 5.69 Å². The van der Waals surface area contributed by atoms with Gasteiger partial charge in [0, 0.05) is 6.20 Å². The number of rotatable bonds is 2. The van der Waals surface area contributed by atoms with Crippen molar-refractivity contribution in [3.63, 3.8) is 0 Å². The van der Waals surface area contributed by atoms with E-state index in [1.165, 1.54) is 0 Å². The summed E-state index contributed by atoms with van der Waals surface area (Å²) in [5.41, 5.74) is 8.48. The van der Waals surface area contributed by atoms with E-state index >= 15 is 0 Å².